The second kappa shape index (κ2) is 8.35. The predicted molar refractivity (Wildman–Crippen MR) is 117 cm³/mol. The summed E-state index contributed by atoms with van der Waals surface area (Å²) in [4.78, 5) is 17.7. The van der Waals surface area contributed by atoms with Gasteiger partial charge in [0.05, 0.1) is 16.8 Å². The molecule has 0 spiro atoms. The highest BCUT2D eigenvalue weighted by Crippen LogP contribution is 2.38. The predicted octanol–water partition coefficient (Wildman–Crippen LogP) is 7.06. The molecule has 0 aliphatic heterocycles. The first-order valence-electron chi connectivity index (χ1n) is 9.43. The fraction of sp³-hybridized carbons (Fsp3) is 0.0833. The van der Waals surface area contributed by atoms with Crippen molar-refractivity contribution in [1.82, 2.24) is 4.98 Å². The minimum atomic E-state index is -4.68. The highest BCUT2D eigenvalue weighted by molar-refractivity contribution is 7.13. The van der Waals surface area contributed by atoms with Gasteiger partial charge in [0, 0.05) is 16.6 Å². The standard InChI is InChI=1S/C24H17F3N2OS/c1-15-14-31-23(28-15)18-10-5-6-13-20(18)29-22(30)21-17(16-8-3-2-4-9-16)11-7-12-19(21)24(25,26)27/h2-14H,1H3,(H,29,30). The molecule has 0 atom stereocenters. The average Bonchev–Trinajstić information content (AvgIpc) is 3.19. The van der Waals surface area contributed by atoms with Gasteiger partial charge in [0.25, 0.3) is 5.91 Å². The van der Waals surface area contributed by atoms with Gasteiger partial charge in [-0.05, 0) is 36.2 Å². The molecule has 4 aromatic rings. The van der Waals surface area contributed by atoms with Gasteiger partial charge in [-0.1, -0.05) is 54.6 Å². The average molecular weight is 438 g/mol. The zero-order valence-electron chi connectivity index (χ0n) is 16.4. The van der Waals surface area contributed by atoms with E-state index in [1.54, 1.807) is 54.6 Å². The Kier molecular flexibility index (Phi) is 5.61. The molecule has 3 aromatic carbocycles. The van der Waals surface area contributed by atoms with E-state index < -0.39 is 23.2 Å². The Morgan fingerprint density at radius 2 is 1.58 bits per heavy atom. The first-order chi connectivity index (χ1) is 14.8. The Morgan fingerprint density at radius 1 is 0.903 bits per heavy atom. The van der Waals surface area contributed by atoms with Crippen LogP contribution in [0.15, 0.2) is 78.2 Å². The van der Waals surface area contributed by atoms with Gasteiger partial charge in [-0.15, -0.1) is 11.3 Å². The largest absolute Gasteiger partial charge is 0.417 e. The molecular formula is C24H17F3N2OS. The van der Waals surface area contributed by atoms with Crippen LogP contribution in [0.4, 0.5) is 18.9 Å². The molecule has 0 radical (unpaired) electrons. The second-order valence-electron chi connectivity index (χ2n) is 6.89. The Bertz CT molecular complexity index is 1230. The smallest absolute Gasteiger partial charge is 0.321 e. The number of hydrogen-bond donors (Lipinski definition) is 1. The van der Waals surface area contributed by atoms with Crippen molar-refractivity contribution in [2.75, 3.05) is 5.32 Å². The number of thiazole rings is 1. The zero-order chi connectivity index (χ0) is 22.0. The number of aromatic nitrogens is 1. The normalized spacial score (nSPS) is 11.4. The van der Waals surface area contributed by atoms with E-state index in [0.717, 1.165) is 11.8 Å². The van der Waals surface area contributed by atoms with Crippen LogP contribution in [0.25, 0.3) is 21.7 Å². The summed E-state index contributed by atoms with van der Waals surface area (Å²) in [5.74, 6) is -0.826. The van der Waals surface area contributed by atoms with Crippen LogP contribution in [0.2, 0.25) is 0 Å². The summed E-state index contributed by atoms with van der Waals surface area (Å²) in [5.41, 5.74) is 1.24. The third kappa shape index (κ3) is 4.36. The molecule has 0 fully saturated rings. The van der Waals surface area contributed by atoms with Crippen molar-refractivity contribution in [2.45, 2.75) is 13.1 Å². The number of hydrogen-bond acceptors (Lipinski definition) is 3. The van der Waals surface area contributed by atoms with Crippen LogP contribution < -0.4 is 5.32 Å². The Labute approximate surface area is 181 Å². The van der Waals surface area contributed by atoms with Crippen molar-refractivity contribution in [2.24, 2.45) is 0 Å². The van der Waals surface area contributed by atoms with Crippen LogP contribution in [-0.2, 0) is 6.18 Å². The van der Waals surface area contributed by atoms with Gasteiger partial charge in [0.15, 0.2) is 0 Å². The summed E-state index contributed by atoms with van der Waals surface area (Å²) < 4.78 is 41.4. The van der Waals surface area contributed by atoms with Crippen molar-refractivity contribution in [3.05, 3.63) is 95.0 Å². The van der Waals surface area contributed by atoms with Gasteiger partial charge < -0.3 is 5.32 Å². The van der Waals surface area contributed by atoms with Crippen molar-refractivity contribution >= 4 is 22.9 Å². The number of halogens is 3. The summed E-state index contributed by atoms with van der Waals surface area (Å²) in [6.07, 6.45) is -4.68. The van der Waals surface area contributed by atoms with Crippen LogP contribution in [-0.4, -0.2) is 10.9 Å². The molecule has 7 heteroatoms. The molecule has 0 aliphatic carbocycles. The van der Waals surface area contributed by atoms with Crippen LogP contribution >= 0.6 is 11.3 Å². The van der Waals surface area contributed by atoms with E-state index in [9.17, 15) is 18.0 Å². The van der Waals surface area contributed by atoms with Crippen molar-refractivity contribution in [3.8, 4) is 21.7 Å². The van der Waals surface area contributed by atoms with Crippen LogP contribution in [0.3, 0.4) is 0 Å². The molecule has 1 amide bonds. The third-order valence-corrected chi connectivity index (χ3v) is 5.70. The highest BCUT2D eigenvalue weighted by atomic mass is 32.1. The molecule has 1 N–H and O–H groups in total. The summed E-state index contributed by atoms with van der Waals surface area (Å²) in [7, 11) is 0. The SMILES string of the molecule is Cc1csc(-c2ccccc2NC(=O)c2c(-c3ccccc3)cccc2C(F)(F)F)n1. The number of carbonyl (C=O) groups excluding carboxylic acids is 1. The lowest BCUT2D eigenvalue weighted by atomic mass is 9.94. The van der Waals surface area contributed by atoms with E-state index in [2.05, 4.69) is 10.3 Å². The number of para-hydroxylation sites is 1. The van der Waals surface area contributed by atoms with E-state index >= 15 is 0 Å². The molecular weight excluding hydrogens is 421 g/mol. The molecule has 1 heterocycles. The monoisotopic (exact) mass is 438 g/mol. The molecule has 1 aromatic heterocycles. The lowest BCUT2D eigenvalue weighted by Gasteiger charge is -2.18. The first kappa shape index (κ1) is 20.8. The first-order valence-corrected chi connectivity index (χ1v) is 10.3. The van der Waals surface area contributed by atoms with E-state index in [0.29, 0.717) is 21.8 Å². The molecule has 0 saturated carbocycles. The fourth-order valence-corrected chi connectivity index (χ4v) is 4.17. The maximum Gasteiger partial charge on any atom is 0.417 e. The van der Waals surface area contributed by atoms with Crippen LogP contribution in [0.5, 0.6) is 0 Å². The van der Waals surface area contributed by atoms with Crippen molar-refractivity contribution in [1.29, 1.82) is 0 Å². The summed E-state index contributed by atoms with van der Waals surface area (Å²) in [6.45, 7) is 1.85. The number of aryl methyl sites for hydroxylation is 1. The minimum Gasteiger partial charge on any atom is -0.321 e. The van der Waals surface area contributed by atoms with Gasteiger partial charge in [0.2, 0.25) is 0 Å². The zero-order valence-corrected chi connectivity index (χ0v) is 17.2. The van der Waals surface area contributed by atoms with Gasteiger partial charge in [-0.2, -0.15) is 13.2 Å². The fourth-order valence-electron chi connectivity index (χ4n) is 3.33. The molecule has 31 heavy (non-hydrogen) atoms. The van der Waals surface area contributed by atoms with Gasteiger partial charge in [0.1, 0.15) is 5.01 Å². The topological polar surface area (TPSA) is 42.0 Å². The van der Waals surface area contributed by atoms with Crippen LogP contribution in [0.1, 0.15) is 21.6 Å². The van der Waals surface area contributed by atoms with E-state index in [1.807, 2.05) is 12.3 Å². The van der Waals surface area contributed by atoms with Gasteiger partial charge in [-0.3, -0.25) is 4.79 Å². The van der Waals surface area contributed by atoms with Crippen LogP contribution in [0, 0.1) is 6.92 Å². The maximum atomic E-state index is 13.8. The number of benzene rings is 3. The number of nitrogens with one attached hydrogen (secondary N) is 1. The Morgan fingerprint density at radius 3 is 2.26 bits per heavy atom. The molecule has 0 aliphatic rings. The molecule has 0 unspecified atom stereocenters. The molecule has 0 saturated heterocycles. The van der Waals surface area contributed by atoms with E-state index in [-0.39, 0.29) is 5.56 Å². The lowest BCUT2D eigenvalue weighted by Crippen LogP contribution is -2.20. The number of anilines is 1. The minimum absolute atomic E-state index is 0.218. The van der Waals surface area contributed by atoms with Crippen molar-refractivity contribution in [3.63, 3.8) is 0 Å². The number of rotatable bonds is 4. The highest BCUT2D eigenvalue weighted by Gasteiger charge is 2.36. The van der Waals surface area contributed by atoms with Crippen molar-refractivity contribution < 1.29 is 18.0 Å². The lowest BCUT2D eigenvalue weighted by molar-refractivity contribution is -0.137. The number of amides is 1. The molecule has 156 valence electrons. The quantitative estimate of drug-likeness (QED) is 0.371. The summed E-state index contributed by atoms with van der Waals surface area (Å²) in [6, 6.07) is 19.3. The number of alkyl halides is 3. The van der Waals surface area contributed by atoms with Gasteiger partial charge in [-0.25, -0.2) is 4.98 Å². The molecule has 0 bridgehead atoms. The number of nitrogens with zero attached hydrogens (tertiary/aromatic N) is 1. The Hall–Kier alpha value is -3.45. The summed E-state index contributed by atoms with van der Waals surface area (Å²) >= 11 is 1.40. The van der Waals surface area contributed by atoms with E-state index in [1.165, 1.54) is 23.5 Å². The second-order valence-corrected chi connectivity index (χ2v) is 7.74. The van der Waals surface area contributed by atoms with Gasteiger partial charge >= 0.3 is 6.18 Å². The molecule has 3 nitrogen and oxygen atoms in total. The number of carbonyl (C=O) groups is 1. The molecule has 4 rings (SSSR count). The third-order valence-electron chi connectivity index (χ3n) is 4.71. The van der Waals surface area contributed by atoms with E-state index in [4.69, 9.17) is 0 Å². The maximum absolute atomic E-state index is 13.8. The summed E-state index contributed by atoms with van der Waals surface area (Å²) in [5, 5.41) is 5.24. The Balaban J connectivity index is 1.81.